The van der Waals surface area contributed by atoms with Crippen LogP contribution in [0, 0.1) is 0 Å². The van der Waals surface area contributed by atoms with Crippen LogP contribution in [0.3, 0.4) is 0 Å². The number of hydrogen-bond donors (Lipinski definition) is 0. The molecule has 0 aliphatic carbocycles. The number of para-hydroxylation sites is 3. The summed E-state index contributed by atoms with van der Waals surface area (Å²) in [6, 6.07) is 66.8. The fraction of sp³-hybridized carbons (Fsp3) is 0. The maximum Gasteiger partial charge on any atom is 0.166 e. The van der Waals surface area contributed by atoms with E-state index < -0.39 is 0 Å². The van der Waals surface area contributed by atoms with E-state index in [0.717, 1.165) is 44.9 Å². The van der Waals surface area contributed by atoms with Crippen LogP contribution in [0.1, 0.15) is 0 Å². The van der Waals surface area contributed by atoms with E-state index in [1.165, 1.54) is 11.1 Å². The van der Waals surface area contributed by atoms with Crippen molar-refractivity contribution < 1.29 is 0 Å². The van der Waals surface area contributed by atoms with Crippen LogP contribution in [0.5, 0.6) is 0 Å². The summed E-state index contributed by atoms with van der Waals surface area (Å²) in [5.74, 6) is 1.84. The first-order chi connectivity index (χ1) is 24.3. The van der Waals surface area contributed by atoms with Gasteiger partial charge in [0.15, 0.2) is 17.5 Å². The molecule has 0 aliphatic rings. The van der Waals surface area contributed by atoms with Crippen molar-refractivity contribution in [3.63, 3.8) is 0 Å². The Morgan fingerprint density at radius 3 is 1.04 bits per heavy atom. The van der Waals surface area contributed by atoms with Crippen LogP contribution in [0.25, 0.3) is 56.4 Å². The average Bonchev–Trinajstić information content (AvgIpc) is 3.20. The highest BCUT2D eigenvalue weighted by molar-refractivity contribution is 5.87. The number of rotatable bonds is 8. The van der Waals surface area contributed by atoms with Crippen LogP contribution in [-0.4, -0.2) is 15.0 Å². The van der Waals surface area contributed by atoms with E-state index in [-0.39, 0.29) is 0 Å². The molecular formula is C45H32N4. The fourth-order valence-electron chi connectivity index (χ4n) is 6.08. The van der Waals surface area contributed by atoms with Gasteiger partial charge in [-0.15, -0.1) is 0 Å². The normalized spacial score (nSPS) is 10.9. The summed E-state index contributed by atoms with van der Waals surface area (Å²) in [6.07, 6.45) is 0. The van der Waals surface area contributed by atoms with E-state index in [1.54, 1.807) is 0 Å². The molecule has 49 heavy (non-hydrogen) atoms. The Hall–Kier alpha value is -6.65. The van der Waals surface area contributed by atoms with Crippen LogP contribution in [0.4, 0.5) is 17.1 Å². The third-order valence-electron chi connectivity index (χ3n) is 8.55. The van der Waals surface area contributed by atoms with Crippen LogP contribution in [0.2, 0.25) is 0 Å². The molecule has 8 aromatic rings. The van der Waals surface area contributed by atoms with Crippen molar-refractivity contribution in [2.45, 2.75) is 0 Å². The lowest BCUT2D eigenvalue weighted by atomic mass is 10.0. The molecule has 0 N–H and O–H groups in total. The van der Waals surface area contributed by atoms with Crippen molar-refractivity contribution in [3.8, 4) is 56.4 Å². The van der Waals surface area contributed by atoms with E-state index in [4.69, 9.17) is 15.0 Å². The molecule has 0 unspecified atom stereocenters. The summed E-state index contributed by atoms with van der Waals surface area (Å²) in [4.78, 5) is 17.6. The lowest BCUT2D eigenvalue weighted by Gasteiger charge is -2.27. The third kappa shape index (κ3) is 6.36. The first-order valence-corrected chi connectivity index (χ1v) is 16.4. The van der Waals surface area contributed by atoms with Crippen molar-refractivity contribution in [1.82, 2.24) is 15.0 Å². The molecule has 0 spiro atoms. The zero-order valence-corrected chi connectivity index (χ0v) is 26.8. The Morgan fingerprint density at radius 1 is 0.265 bits per heavy atom. The molecule has 0 saturated heterocycles. The van der Waals surface area contributed by atoms with Crippen LogP contribution < -0.4 is 4.90 Å². The number of nitrogens with zero attached hydrogens (tertiary/aromatic N) is 4. The first kappa shape index (κ1) is 29.7. The van der Waals surface area contributed by atoms with Gasteiger partial charge in [0.2, 0.25) is 0 Å². The van der Waals surface area contributed by atoms with Gasteiger partial charge in [-0.2, -0.15) is 0 Å². The summed E-state index contributed by atoms with van der Waals surface area (Å²) in [5, 5.41) is 0. The predicted molar refractivity (Wildman–Crippen MR) is 202 cm³/mol. The predicted octanol–water partition coefficient (Wildman–Crippen LogP) is 11.7. The third-order valence-corrected chi connectivity index (χ3v) is 8.55. The minimum Gasteiger partial charge on any atom is -0.310 e. The molecule has 0 bridgehead atoms. The highest BCUT2D eigenvalue weighted by atomic mass is 15.1. The van der Waals surface area contributed by atoms with Gasteiger partial charge in [-0.3, -0.25) is 0 Å². The van der Waals surface area contributed by atoms with Gasteiger partial charge in [-0.05, 0) is 58.7 Å². The lowest BCUT2D eigenvalue weighted by molar-refractivity contribution is 1.07. The smallest absolute Gasteiger partial charge is 0.166 e. The largest absolute Gasteiger partial charge is 0.310 e. The molecule has 232 valence electrons. The summed E-state index contributed by atoms with van der Waals surface area (Å²) in [7, 11) is 0. The molecule has 4 nitrogen and oxygen atoms in total. The minimum absolute atomic E-state index is 0.603. The molecule has 0 radical (unpaired) electrons. The molecule has 1 aromatic heterocycles. The molecule has 0 saturated carbocycles. The molecular weight excluding hydrogens is 597 g/mol. The van der Waals surface area contributed by atoms with Crippen molar-refractivity contribution in [2.75, 3.05) is 4.90 Å². The molecule has 0 atom stereocenters. The molecule has 7 aromatic carbocycles. The van der Waals surface area contributed by atoms with E-state index in [9.17, 15) is 0 Å². The van der Waals surface area contributed by atoms with Gasteiger partial charge >= 0.3 is 0 Å². The van der Waals surface area contributed by atoms with E-state index in [2.05, 4.69) is 169 Å². The highest BCUT2D eigenvalue weighted by Crippen LogP contribution is 2.40. The van der Waals surface area contributed by atoms with Gasteiger partial charge in [-0.1, -0.05) is 158 Å². The van der Waals surface area contributed by atoms with Gasteiger partial charge in [0.05, 0.1) is 5.69 Å². The second kappa shape index (κ2) is 13.6. The molecule has 8 rings (SSSR count). The summed E-state index contributed by atoms with van der Waals surface area (Å²) in [5.41, 5.74) is 10.4. The SMILES string of the molecule is c1ccc(-c2ccc(-c3nc(-c4ccc(-c5ccccc5)cc4)nc(-c4ccccc4N(c4ccccc4)c4ccccc4)n3)cc2)cc1. The van der Waals surface area contributed by atoms with Crippen LogP contribution in [-0.2, 0) is 0 Å². The van der Waals surface area contributed by atoms with Crippen molar-refractivity contribution in [1.29, 1.82) is 0 Å². The highest BCUT2D eigenvalue weighted by Gasteiger charge is 2.20. The van der Waals surface area contributed by atoms with Crippen molar-refractivity contribution >= 4 is 17.1 Å². The first-order valence-electron chi connectivity index (χ1n) is 16.4. The standard InChI is InChI=1S/C45H32N4/c1-5-15-33(16-6-1)35-25-29-37(30-26-35)43-46-44(38-31-27-36(28-32-38)34-17-7-2-8-18-34)48-45(47-43)41-23-13-14-24-42(41)49(39-19-9-3-10-20-39)40-21-11-4-12-22-40/h1-32H. The average molecular weight is 629 g/mol. The second-order valence-electron chi connectivity index (χ2n) is 11.7. The molecule has 0 fully saturated rings. The zero-order valence-electron chi connectivity index (χ0n) is 26.8. The Bertz CT molecular complexity index is 2150. The second-order valence-corrected chi connectivity index (χ2v) is 11.7. The maximum absolute atomic E-state index is 5.15. The summed E-state index contributed by atoms with van der Waals surface area (Å²) >= 11 is 0. The fourth-order valence-corrected chi connectivity index (χ4v) is 6.08. The topological polar surface area (TPSA) is 41.9 Å². The number of benzene rings is 7. The van der Waals surface area contributed by atoms with Crippen molar-refractivity contribution in [3.05, 3.63) is 194 Å². The summed E-state index contributed by atoms with van der Waals surface area (Å²) < 4.78 is 0. The van der Waals surface area contributed by atoms with Gasteiger partial charge in [-0.25, -0.2) is 15.0 Å². The Morgan fingerprint density at radius 2 is 0.592 bits per heavy atom. The molecule has 1 heterocycles. The van der Waals surface area contributed by atoms with Gasteiger partial charge in [0.1, 0.15) is 0 Å². The van der Waals surface area contributed by atoms with Crippen molar-refractivity contribution in [2.24, 2.45) is 0 Å². The maximum atomic E-state index is 5.15. The molecule has 4 heteroatoms. The monoisotopic (exact) mass is 628 g/mol. The van der Waals surface area contributed by atoms with E-state index in [1.807, 2.05) is 30.3 Å². The molecule has 0 aliphatic heterocycles. The van der Waals surface area contributed by atoms with Crippen LogP contribution in [0.15, 0.2) is 194 Å². The summed E-state index contributed by atoms with van der Waals surface area (Å²) in [6.45, 7) is 0. The van der Waals surface area contributed by atoms with Gasteiger partial charge < -0.3 is 4.90 Å². The van der Waals surface area contributed by atoms with E-state index >= 15 is 0 Å². The quantitative estimate of drug-likeness (QED) is 0.168. The zero-order chi connectivity index (χ0) is 32.8. The van der Waals surface area contributed by atoms with E-state index in [0.29, 0.717) is 17.5 Å². The number of hydrogen-bond acceptors (Lipinski definition) is 4. The lowest BCUT2D eigenvalue weighted by Crippen LogP contribution is -2.12. The van der Waals surface area contributed by atoms with Gasteiger partial charge in [0, 0.05) is 28.1 Å². The molecule has 0 amide bonds. The Labute approximate surface area is 286 Å². The van der Waals surface area contributed by atoms with Gasteiger partial charge in [0.25, 0.3) is 0 Å². The Kier molecular flexibility index (Phi) is 8.25. The number of anilines is 3. The minimum atomic E-state index is 0.603. The number of aromatic nitrogens is 3. The Balaban J connectivity index is 1.28. The van der Waals surface area contributed by atoms with Crippen LogP contribution >= 0.6 is 0 Å².